The lowest BCUT2D eigenvalue weighted by Gasteiger charge is -2.30. The maximum atomic E-state index is 12.3. The minimum Gasteiger partial charge on any atom is -0.479 e. The van der Waals surface area contributed by atoms with Crippen LogP contribution < -0.4 is 5.32 Å². The molecule has 2 aromatic carbocycles. The average Bonchev–Trinajstić information content (AvgIpc) is 3.11. The van der Waals surface area contributed by atoms with E-state index in [-0.39, 0.29) is 44.5 Å². The minimum atomic E-state index is -1.09. The summed E-state index contributed by atoms with van der Waals surface area (Å²) in [6.07, 6.45) is -1.52. The van der Waals surface area contributed by atoms with Crippen molar-refractivity contribution < 1.29 is 29.0 Å². The van der Waals surface area contributed by atoms with Crippen LogP contribution in [0.25, 0.3) is 11.1 Å². The number of aliphatic carboxylic acids is 1. The fourth-order valence-corrected chi connectivity index (χ4v) is 4.10. The molecule has 0 spiro atoms. The van der Waals surface area contributed by atoms with Crippen LogP contribution in [0.1, 0.15) is 23.5 Å². The van der Waals surface area contributed by atoms with Crippen LogP contribution in [0.15, 0.2) is 48.5 Å². The molecule has 8 nitrogen and oxygen atoms in total. The molecule has 0 aromatic heterocycles. The van der Waals surface area contributed by atoms with Crippen molar-refractivity contribution in [2.45, 2.75) is 18.4 Å². The number of carbonyl (C=O) groups is 3. The molecule has 31 heavy (non-hydrogen) atoms. The van der Waals surface area contributed by atoms with Crippen molar-refractivity contribution in [3.8, 4) is 11.1 Å². The van der Waals surface area contributed by atoms with Crippen molar-refractivity contribution >= 4 is 18.0 Å². The Morgan fingerprint density at radius 3 is 2.35 bits per heavy atom. The predicted octanol–water partition coefficient (Wildman–Crippen LogP) is 2.23. The number of fused-ring (bicyclic) bond motifs is 3. The zero-order valence-electron chi connectivity index (χ0n) is 17.0. The van der Waals surface area contributed by atoms with Gasteiger partial charge in [-0.1, -0.05) is 48.5 Å². The Hall–Kier alpha value is -3.39. The molecular formula is C23H24N2O6. The molecule has 2 aromatic rings. The number of benzene rings is 2. The summed E-state index contributed by atoms with van der Waals surface area (Å²) in [5.74, 6) is -1.34. The van der Waals surface area contributed by atoms with E-state index in [4.69, 9.17) is 14.6 Å². The Morgan fingerprint density at radius 2 is 1.71 bits per heavy atom. The zero-order chi connectivity index (χ0) is 21.8. The first-order chi connectivity index (χ1) is 15.0. The first-order valence-corrected chi connectivity index (χ1v) is 10.3. The van der Waals surface area contributed by atoms with Crippen LogP contribution >= 0.6 is 0 Å². The second-order valence-electron chi connectivity index (χ2n) is 7.54. The number of carboxylic acid groups (broad SMARTS) is 1. The van der Waals surface area contributed by atoms with Gasteiger partial charge in [0.15, 0.2) is 6.10 Å². The van der Waals surface area contributed by atoms with Crippen molar-refractivity contribution in [3.63, 3.8) is 0 Å². The van der Waals surface area contributed by atoms with Gasteiger partial charge in [-0.05, 0) is 22.3 Å². The summed E-state index contributed by atoms with van der Waals surface area (Å²) in [5.41, 5.74) is 4.57. The lowest BCUT2D eigenvalue weighted by Crippen LogP contribution is -2.49. The highest BCUT2D eigenvalue weighted by Gasteiger charge is 2.30. The fourth-order valence-electron chi connectivity index (χ4n) is 4.10. The number of amides is 2. The average molecular weight is 424 g/mol. The van der Waals surface area contributed by atoms with Crippen molar-refractivity contribution in [2.75, 3.05) is 32.8 Å². The van der Waals surface area contributed by atoms with Gasteiger partial charge in [-0.3, -0.25) is 4.79 Å². The van der Waals surface area contributed by atoms with Gasteiger partial charge in [-0.2, -0.15) is 0 Å². The number of carboxylic acids is 1. The number of hydrogen-bond acceptors (Lipinski definition) is 5. The number of alkyl carbamates (subject to hydrolysis) is 1. The van der Waals surface area contributed by atoms with Gasteiger partial charge in [-0.15, -0.1) is 0 Å². The monoisotopic (exact) mass is 424 g/mol. The molecule has 2 N–H and O–H groups in total. The Morgan fingerprint density at radius 1 is 1.06 bits per heavy atom. The number of ether oxygens (including phenoxy) is 2. The molecule has 1 unspecified atom stereocenters. The largest absolute Gasteiger partial charge is 0.479 e. The maximum absolute atomic E-state index is 12.3. The van der Waals surface area contributed by atoms with Gasteiger partial charge in [0.05, 0.1) is 13.2 Å². The number of rotatable bonds is 6. The molecule has 8 heteroatoms. The van der Waals surface area contributed by atoms with E-state index in [0.29, 0.717) is 6.54 Å². The molecule has 0 radical (unpaired) electrons. The molecule has 1 saturated heterocycles. The van der Waals surface area contributed by atoms with Gasteiger partial charge in [0.2, 0.25) is 5.91 Å². The second-order valence-corrected chi connectivity index (χ2v) is 7.54. The number of nitrogens with one attached hydrogen (secondary N) is 1. The van der Waals surface area contributed by atoms with E-state index in [2.05, 4.69) is 17.4 Å². The number of morpholine rings is 1. The predicted molar refractivity (Wildman–Crippen MR) is 112 cm³/mol. The summed E-state index contributed by atoms with van der Waals surface area (Å²) in [5, 5.41) is 11.6. The summed E-state index contributed by atoms with van der Waals surface area (Å²) in [4.78, 5) is 36.9. The maximum Gasteiger partial charge on any atom is 0.407 e. The van der Waals surface area contributed by atoms with Crippen LogP contribution in [0.4, 0.5) is 4.79 Å². The van der Waals surface area contributed by atoms with Gasteiger partial charge in [0.1, 0.15) is 6.61 Å². The van der Waals surface area contributed by atoms with E-state index < -0.39 is 18.2 Å². The van der Waals surface area contributed by atoms with Gasteiger partial charge < -0.3 is 24.8 Å². The molecule has 4 rings (SSSR count). The third-order valence-corrected chi connectivity index (χ3v) is 5.65. The molecule has 1 aliphatic carbocycles. The van der Waals surface area contributed by atoms with Crippen LogP contribution in [-0.4, -0.2) is 66.9 Å². The van der Waals surface area contributed by atoms with E-state index in [1.807, 2.05) is 36.4 Å². The highest BCUT2D eigenvalue weighted by molar-refractivity contribution is 5.80. The van der Waals surface area contributed by atoms with E-state index in [1.54, 1.807) is 0 Å². The van der Waals surface area contributed by atoms with E-state index in [9.17, 15) is 14.4 Å². The van der Waals surface area contributed by atoms with Gasteiger partial charge >= 0.3 is 12.1 Å². The molecule has 0 bridgehead atoms. The van der Waals surface area contributed by atoms with Crippen LogP contribution in [0.5, 0.6) is 0 Å². The number of hydrogen-bond donors (Lipinski definition) is 2. The highest BCUT2D eigenvalue weighted by atomic mass is 16.5. The minimum absolute atomic E-state index is 0.0130. The Kier molecular flexibility index (Phi) is 6.18. The normalized spacial score (nSPS) is 17.5. The van der Waals surface area contributed by atoms with E-state index in [1.165, 1.54) is 4.90 Å². The second kappa shape index (κ2) is 9.18. The van der Waals surface area contributed by atoms with Crippen molar-refractivity contribution in [1.29, 1.82) is 0 Å². The molecule has 1 fully saturated rings. The molecule has 162 valence electrons. The van der Waals surface area contributed by atoms with E-state index >= 15 is 0 Å². The van der Waals surface area contributed by atoms with Crippen LogP contribution in [0.3, 0.4) is 0 Å². The summed E-state index contributed by atoms with van der Waals surface area (Å²) in [7, 11) is 0. The van der Waals surface area contributed by atoms with Gasteiger partial charge in [0, 0.05) is 25.4 Å². The molecule has 2 amide bonds. The van der Waals surface area contributed by atoms with Crippen LogP contribution in [-0.2, 0) is 19.1 Å². The summed E-state index contributed by atoms with van der Waals surface area (Å²) in [6, 6.07) is 16.2. The Labute approximate surface area is 179 Å². The number of carbonyl (C=O) groups excluding carboxylic acids is 2. The zero-order valence-corrected chi connectivity index (χ0v) is 17.0. The third kappa shape index (κ3) is 4.54. The lowest BCUT2D eigenvalue weighted by atomic mass is 9.98. The SMILES string of the molecule is O=C(NCCC(=O)N1CCOC(C(=O)O)C1)OCC1c2ccccc2-c2ccccc21. The molecule has 2 aliphatic rings. The fraction of sp³-hybridized carbons (Fsp3) is 0.348. The summed E-state index contributed by atoms with van der Waals surface area (Å²) >= 11 is 0. The van der Waals surface area contributed by atoms with Crippen molar-refractivity contribution in [1.82, 2.24) is 10.2 Å². The standard InChI is InChI=1S/C23H24N2O6/c26-21(25-11-12-30-20(13-25)22(27)28)9-10-24-23(29)31-14-19-17-7-3-1-5-15(17)16-6-2-4-8-18(16)19/h1-8,19-20H,9-14H2,(H,24,29)(H,27,28). The Balaban J connectivity index is 1.26. The van der Waals surface area contributed by atoms with E-state index in [0.717, 1.165) is 22.3 Å². The molecule has 0 saturated carbocycles. The molecule has 1 heterocycles. The number of nitrogens with zero attached hydrogens (tertiary/aromatic N) is 1. The quantitative estimate of drug-likeness (QED) is 0.737. The van der Waals surface area contributed by atoms with Crippen LogP contribution in [0.2, 0.25) is 0 Å². The molecule has 1 atom stereocenters. The first-order valence-electron chi connectivity index (χ1n) is 10.3. The highest BCUT2D eigenvalue weighted by Crippen LogP contribution is 2.44. The Bertz CT molecular complexity index is 946. The first kappa shape index (κ1) is 20.9. The van der Waals surface area contributed by atoms with Gasteiger partial charge in [0.25, 0.3) is 0 Å². The van der Waals surface area contributed by atoms with Crippen molar-refractivity contribution in [2.24, 2.45) is 0 Å². The van der Waals surface area contributed by atoms with Gasteiger partial charge in [-0.25, -0.2) is 9.59 Å². The third-order valence-electron chi connectivity index (χ3n) is 5.65. The van der Waals surface area contributed by atoms with Crippen LogP contribution in [0, 0.1) is 0 Å². The molecule has 1 aliphatic heterocycles. The lowest BCUT2D eigenvalue weighted by molar-refractivity contribution is -0.159. The summed E-state index contributed by atoms with van der Waals surface area (Å²) < 4.78 is 10.6. The van der Waals surface area contributed by atoms with Crippen molar-refractivity contribution in [3.05, 3.63) is 59.7 Å². The topological polar surface area (TPSA) is 105 Å². The summed E-state index contributed by atoms with van der Waals surface area (Å²) in [6.45, 7) is 0.858. The molecular weight excluding hydrogens is 400 g/mol. The smallest absolute Gasteiger partial charge is 0.407 e.